The van der Waals surface area contributed by atoms with Crippen LogP contribution in [0.2, 0.25) is 0 Å². The van der Waals surface area contributed by atoms with E-state index < -0.39 is 4.92 Å². The lowest BCUT2D eigenvalue weighted by atomic mass is 10.2. The average molecular weight is 310 g/mol. The minimum atomic E-state index is -0.506. The van der Waals surface area contributed by atoms with E-state index in [0.29, 0.717) is 4.47 Å². The number of nitro groups is 1. The van der Waals surface area contributed by atoms with Crippen LogP contribution in [0.25, 0.3) is 0 Å². The van der Waals surface area contributed by atoms with Crippen molar-refractivity contribution in [2.75, 3.05) is 0 Å². The number of halogens is 1. The maximum Gasteiger partial charge on any atom is 0.322 e. The Morgan fingerprint density at radius 2 is 2.00 bits per heavy atom. The van der Waals surface area contributed by atoms with Crippen LogP contribution >= 0.6 is 15.9 Å². The molecule has 0 aliphatic heterocycles. The SMILES string of the molecule is Cc1ccc([N+](=O)[O-])c(Oc2ncc(Br)cn2)c1. The first-order valence-corrected chi connectivity index (χ1v) is 5.76. The highest BCUT2D eigenvalue weighted by molar-refractivity contribution is 9.10. The molecule has 7 heteroatoms. The Morgan fingerprint density at radius 1 is 1.33 bits per heavy atom. The van der Waals surface area contributed by atoms with Crippen LogP contribution in [0.4, 0.5) is 5.69 Å². The molecule has 92 valence electrons. The summed E-state index contributed by atoms with van der Waals surface area (Å²) in [4.78, 5) is 18.2. The normalized spacial score (nSPS) is 10.1. The third-order valence-corrected chi connectivity index (χ3v) is 2.52. The lowest BCUT2D eigenvalue weighted by molar-refractivity contribution is -0.385. The predicted molar refractivity (Wildman–Crippen MR) is 67.6 cm³/mol. The second-order valence-electron chi connectivity index (χ2n) is 3.51. The Bertz CT molecular complexity index is 587. The van der Waals surface area contributed by atoms with Gasteiger partial charge in [0.1, 0.15) is 0 Å². The molecule has 0 spiro atoms. The molecule has 6 nitrogen and oxygen atoms in total. The van der Waals surface area contributed by atoms with Gasteiger partial charge in [0.2, 0.25) is 5.75 Å². The summed E-state index contributed by atoms with van der Waals surface area (Å²) in [5, 5.41) is 10.9. The molecule has 0 aliphatic carbocycles. The van der Waals surface area contributed by atoms with Crippen molar-refractivity contribution in [1.82, 2.24) is 9.97 Å². The van der Waals surface area contributed by atoms with E-state index >= 15 is 0 Å². The largest absolute Gasteiger partial charge is 0.417 e. The van der Waals surface area contributed by atoms with Crippen LogP contribution in [0.5, 0.6) is 11.8 Å². The molecule has 0 unspecified atom stereocenters. The Kier molecular flexibility index (Phi) is 3.52. The molecule has 0 saturated carbocycles. The van der Waals surface area contributed by atoms with Crippen molar-refractivity contribution < 1.29 is 9.66 Å². The van der Waals surface area contributed by atoms with Gasteiger partial charge in [-0.15, -0.1) is 0 Å². The van der Waals surface area contributed by atoms with E-state index in [-0.39, 0.29) is 17.4 Å². The lowest BCUT2D eigenvalue weighted by Gasteiger charge is -2.05. The quantitative estimate of drug-likeness (QED) is 0.642. The van der Waals surface area contributed by atoms with Gasteiger partial charge in [0.05, 0.1) is 9.40 Å². The minimum Gasteiger partial charge on any atom is -0.417 e. The summed E-state index contributed by atoms with van der Waals surface area (Å²) in [7, 11) is 0. The van der Waals surface area contributed by atoms with Crippen molar-refractivity contribution >= 4 is 21.6 Å². The smallest absolute Gasteiger partial charge is 0.322 e. The van der Waals surface area contributed by atoms with E-state index in [1.807, 2.05) is 6.92 Å². The highest BCUT2D eigenvalue weighted by Crippen LogP contribution is 2.30. The zero-order valence-corrected chi connectivity index (χ0v) is 10.9. The van der Waals surface area contributed by atoms with E-state index in [9.17, 15) is 10.1 Å². The molecule has 2 aromatic rings. The number of hydrogen-bond acceptors (Lipinski definition) is 5. The number of aromatic nitrogens is 2. The van der Waals surface area contributed by atoms with Crippen LogP contribution in [0.1, 0.15) is 5.56 Å². The van der Waals surface area contributed by atoms with Crippen LogP contribution in [0.15, 0.2) is 35.1 Å². The standard InChI is InChI=1S/C11H8BrN3O3/c1-7-2-3-9(15(16)17)10(4-7)18-11-13-5-8(12)6-14-11/h2-6H,1H3. The molecular weight excluding hydrogens is 302 g/mol. The maximum absolute atomic E-state index is 10.9. The van der Waals surface area contributed by atoms with Gasteiger partial charge in [-0.25, -0.2) is 9.97 Å². The molecule has 1 heterocycles. The number of rotatable bonds is 3. The number of ether oxygens (including phenoxy) is 1. The molecule has 0 radical (unpaired) electrons. The molecule has 0 aliphatic rings. The summed E-state index contributed by atoms with van der Waals surface area (Å²) in [6.45, 7) is 1.82. The molecule has 0 fully saturated rings. The van der Waals surface area contributed by atoms with Crippen molar-refractivity contribution in [2.24, 2.45) is 0 Å². The minimum absolute atomic E-state index is 0.0619. The third-order valence-electron chi connectivity index (χ3n) is 2.11. The molecule has 0 atom stereocenters. The Morgan fingerprint density at radius 3 is 2.61 bits per heavy atom. The molecule has 0 N–H and O–H groups in total. The monoisotopic (exact) mass is 309 g/mol. The van der Waals surface area contributed by atoms with Crippen molar-refractivity contribution in [3.63, 3.8) is 0 Å². The maximum atomic E-state index is 10.9. The van der Waals surface area contributed by atoms with Crippen LogP contribution in [-0.4, -0.2) is 14.9 Å². The van der Waals surface area contributed by atoms with E-state index in [0.717, 1.165) is 5.56 Å². The molecule has 0 bridgehead atoms. The van der Waals surface area contributed by atoms with Gasteiger partial charge >= 0.3 is 11.7 Å². The number of aryl methyl sites for hydroxylation is 1. The van der Waals surface area contributed by atoms with Gasteiger partial charge in [-0.1, -0.05) is 6.07 Å². The second kappa shape index (κ2) is 5.09. The van der Waals surface area contributed by atoms with E-state index in [1.165, 1.54) is 18.5 Å². The number of nitrogens with zero attached hydrogens (tertiary/aromatic N) is 3. The van der Waals surface area contributed by atoms with Gasteiger partial charge in [0.15, 0.2) is 0 Å². The first-order chi connectivity index (χ1) is 8.56. The second-order valence-corrected chi connectivity index (χ2v) is 4.43. The topological polar surface area (TPSA) is 78.2 Å². The average Bonchev–Trinajstić information content (AvgIpc) is 2.32. The number of hydrogen-bond donors (Lipinski definition) is 0. The summed E-state index contributed by atoms with van der Waals surface area (Å²) in [5.74, 6) is 0.127. The molecular formula is C11H8BrN3O3. The van der Waals surface area contributed by atoms with Crippen molar-refractivity contribution in [1.29, 1.82) is 0 Å². The molecule has 1 aromatic carbocycles. The summed E-state index contributed by atoms with van der Waals surface area (Å²) < 4.78 is 6.02. The van der Waals surface area contributed by atoms with Gasteiger partial charge in [0, 0.05) is 18.5 Å². The molecule has 0 amide bonds. The first-order valence-electron chi connectivity index (χ1n) is 4.96. The molecule has 1 aromatic heterocycles. The highest BCUT2D eigenvalue weighted by atomic mass is 79.9. The Hall–Kier alpha value is -2.02. The van der Waals surface area contributed by atoms with Crippen LogP contribution in [0.3, 0.4) is 0 Å². The predicted octanol–water partition coefficient (Wildman–Crippen LogP) is 3.25. The third kappa shape index (κ3) is 2.80. The number of nitro benzene ring substituents is 1. The Labute approximate surface area is 111 Å². The van der Waals surface area contributed by atoms with Crippen molar-refractivity contribution in [3.05, 3.63) is 50.7 Å². The zero-order valence-electron chi connectivity index (χ0n) is 9.33. The van der Waals surface area contributed by atoms with Crippen molar-refractivity contribution in [2.45, 2.75) is 6.92 Å². The zero-order chi connectivity index (χ0) is 13.1. The highest BCUT2D eigenvalue weighted by Gasteiger charge is 2.16. The van der Waals surface area contributed by atoms with Crippen LogP contribution < -0.4 is 4.74 Å². The summed E-state index contributed by atoms with van der Waals surface area (Å²) >= 11 is 3.19. The molecule has 18 heavy (non-hydrogen) atoms. The van der Waals surface area contributed by atoms with E-state index in [1.54, 1.807) is 12.1 Å². The molecule has 2 rings (SSSR count). The fourth-order valence-electron chi connectivity index (χ4n) is 1.31. The van der Waals surface area contributed by atoms with Crippen LogP contribution in [-0.2, 0) is 0 Å². The van der Waals surface area contributed by atoms with Gasteiger partial charge in [-0.05, 0) is 34.5 Å². The summed E-state index contributed by atoms with van der Waals surface area (Å²) in [6, 6.07) is 4.67. The fourth-order valence-corrected chi connectivity index (χ4v) is 1.51. The van der Waals surface area contributed by atoms with Crippen LogP contribution in [0, 0.1) is 17.0 Å². The summed E-state index contributed by atoms with van der Waals surface area (Å²) in [6.07, 6.45) is 3.01. The van der Waals surface area contributed by atoms with E-state index in [4.69, 9.17) is 4.74 Å². The Balaban J connectivity index is 2.35. The van der Waals surface area contributed by atoms with Gasteiger partial charge in [0.25, 0.3) is 0 Å². The first kappa shape index (κ1) is 12.4. The fraction of sp³-hybridized carbons (Fsp3) is 0.0909. The van der Waals surface area contributed by atoms with E-state index in [2.05, 4.69) is 25.9 Å². The summed E-state index contributed by atoms with van der Waals surface area (Å²) in [5.41, 5.74) is 0.736. The lowest BCUT2D eigenvalue weighted by Crippen LogP contribution is -1.96. The van der Waals surface area contributed by atoms with Crippen molar-refractivity contribution in [3.8, 4) is 11.8 Å². The number of benzene rings is 1. The van der Waals surface area contributed by atoms with Gasteiger partial charge in [-0.2, -0.15) is 0 Å². The van der Waals surface area contributed by atoms with Gasteiger partial charge in [-0.3, -0.25) is 10.1 Å². The van der Waals surface area contributed by atoms with Gasteiger partial charge < -0.3 is 4.74 Å². The molecule has 0 saturated heterocycles.